The topological polar surface area (TPSA) is 65.1 Å². The quantitative estimate of drug-likeness (QED) is 0.700. The number of aryl methyl sites for hydroxylation is 2. The van der Waals surface area contributed by atoms with Crippen LogP contribution in [0.2, 0.25) is 0 Å². The molecule has 1 aliphatic heterocycles. The van der Waals surface area contributed by atoms with Crippen molar-refractivity contribution in [1.82, 2.24) is 18.7 Å². The van der Waals surface area contributed by atoms with Gasteiger partial charge in [-0.05, 0) is 30.4 Å². The second-order valence-electron chi connectivity index (χ2n) is 8.35. The zero-order valence-corrected chi connectivity index (χ0v) is 17.1. The number of hydrogen-bond donors (Lipinski definition) is 0. The molecule has 4 rings (SSSR count). The fraction of sp³-hybridized carbons (Fsp3) is 0.476. The number of aromatic nitrogens is 4. The number of nitrogens with zero attached hydrogens (tertiary/aromatic N) is 5. The van der Waals surface area contributed by atoms with E-state index in [0.717, 1.165) is 23.7 Å². The van der Waals surface area contributed by atoms with Gasteiger partial charge in [-0.1, -0.05) is 39.0 Å². The number of benzene rings is 1. The highest BCUT2D eigenvalue weighted by Gasteiger charge is 2.30. The van der Waals surface area contributed by atoms with Crippen molar-refractivity contribution >= 4 is 22.8 Å². The lowest BCUT2D eigenvalue weighted by molar-refractivity contribution is 0.454. The van der Waals surface area contributed by atoms with Gasteiger partial charge < -0.3 is 9.47 Å². The molecule has 0 N–H and O–H groups in total. The van der Waals surface area contributed by atoms with Crippen molar-refractivity contribution < 1.29 is 0 Å². The summed E-state index contributed by atoms with van der Waals surface area (Å²) in [5, 5.41) is 0. The van der Waals surface area contributed by atoms with Crippen molar-refractivity contribution in [2.75, 3.05) is 11.4 Å². The van der Waals surface area contributed by atoms with E-state index in [1.807, 2.05) is 30.5 Å². The van der Waals surface area contributed by atoms with Gasteiger partial charge in [0, 0.05) is 32.4 Å². The summed E-state index contributed by atoms with van der Waals surface area (Å²) in [6, 6.07) is 8.18. The molecule has 1 aromatic carbocycles. The number of anilines is 2. The van der Waals surface area contributed by atoms with Gasteiger partial charge >= 0.3 is 5.69 Å². The maximum atomic E-state index is 13.3. The molecule has 148 valence electrons. The van der Waals surface area contributed by atoms with Crippen LogP contribution in [0.4, 0.5) is 11.6 Å². The van der Waals surface area contributed by atoms with Gasteiger partial charge in [0.05, 0.1) is 0 Å². The third-order valence-electron chi connectivity index (χ3n) is 5.40. The van der Waals surface area contributed by atoms with E-state index in [1.165, 1.54) is 9.13 Å². The first-order valence-corrected chi connectivity index (χ1v) is 9.82. The molecule has 1 atom stereocenters. The SMILES string of the molecule is Cc1ccccc1N1CC(C)Cn2c1nc1c2c(=O)n(CC(C)C)c(=O)n1C. The molecular formula is C21H27N5O2. The molecular weight excluding hydrogens is 354 g/mol. The van der Waals surface area contributed by atoms with E-state index in [4.69, 9.17) is 4.98 Å². The number of rotatable bonds is 3. The van der Waals surface area contributed by atoms with Gasteiger partial charge in [-0.3, -0.25) is 13.9 Å². The zero-order chi connectivity index (χ0) is 20.2. The predicted octanol–water partition coefficient (Wildman–Crippen LogP) is 2.65. The Morgan fingerprint density at radius 1 is 1.18 bits per heavy atom. The van der Waals surface area contributed by atoms with Gasteiger partial charge in [-0.25, -0.2) is 4.79 Å². The van der Waals surface area contributed by atoms with E-state index in [0.29, 0.717) is 30.2 Å². The molecule has 1 aliphatic rings. The molecule has 3 heterocycles. The Hall–Kier alpha value is -2.83. The Kier molecular flexibility index (Phi) is 4.40. The minimum atomic E-state index is -0.308. The maximum absolute atomic E-state index is 13.3. The molecule has 0 bridgehead atoms. The summed E-state index contributed by atoms with van der Waals surface area (Å²) in [6.07, 6.45) is 0. The first-order valence-electron chi connectivity index (χ1n) is 9.82. The lowest BCUT2D eigenvalue weighted by Crippen LogP contribution is -2.41. The van der Waals surface area contributed by atoms with Crippen molar-refractivity contribution in [2.45, 2.75) is 40.8 Å². The van der Waals surface area contributed by atoms with Gasteiger partial charge in [0.15, 0.2) is 11.2 Å². The monoisotopic (exact) mass is 381 g/mol. The summed E-state index contributed by atoms with van der Waals surface area (Å²) < 4.78 is 4.85. The van der Waals surface area contributed by atoms with E-state index in [9.17, 15) is 9.59 Å². The van der Waals surface area contributed by atoms with Crippen LogP contribution in [0.3, 0.4) is 0 Å². The Labute approximate surface area is 163 Å². The van der Waals surface area contributed by atoms with Crippen LogP contribution in [0.15, 0.2) is 33.9 Å². The van der Waals surface area contributed by atoms with Crippen LogP contribution in [0.25, 0.3) is 11.2 Å². The molecule has 0 amide bonds. The fourth-order valence-corrected chi connectivity index (χ4v) is 4.10. The van der Waals surface area contributed by atoms with Gasteiger partial charge in [0.25, 0.3) is 5.56 Å². The van der Waals surface area contributed by atoms with Gasteiger partial charge in [0.1, 0.15) is 0 Å². The summed E-state index contributed by atoms with van der Waals surface area (Å²) in [5.74, 6) is 1.28. The Morgan fingerprint density at radius 3 is 2.57 bits per heavy atom. The van der Waals surface area contributed by atoms with Crippen LogP contribution in [0, 0.1) is 18.8 Å². The first kappa shape index (κ1) is 18.5. The van der Waals surface area contributed by atoms with E-state index in [2.05, 4.69) is 30.9 Å². The summed E-state index contributed by atoms with van der Waals surface area (Å²) in [5.41, 5.74) is 2.65. The Morgan fingerprint density at radius 2 is 1.89 bits per heavy atom. The van der Waals surface area contributed by atoms with E-state index in [-0.39, 0.29) is 17.2 Å². The Bertz CT molecular complexity index is 1170. The molecule has 2 aromatic heterocycles. The van der Waals surface area contributed by atoms with Crippen molar-refractivity contribution in [3.05, 3.63) is 50.7 Å². The zero-order valence-electron chi connectivity index (χ0n) is 17.1. The first-order chi connectivity index (χ1) is 13.3. The normalized spacial score (nSPS) is 16.8. The molecule has 1 unspecified atom stereocenters. The maximum Gasteiger partial charge on any atom is 0.332 e. The highest BCUT2D eigenvalue weighted by Crippen LogP contribution is 2.34. The number of hydrogen-bond acceptors (Lipinski definition) is 4. The molecule has 0 spiro atoms. The highest BCUT2D eigenvalue weighted by molar-refractivity contribution is 5.77. The lowest BCUT2D eigenvalue weighted by Gasteiger charge is -2.33. The molecule has 28 heavy (non-hydrogen) atoms. The van der Waals surface area contributed by atoms with Gasteiger partial charge in [-0.15, -0.1) is 0 Å². The van der Waals surface area contributed by atoms with E-state index < -0.39 is 0 Å². The van der Waals surface area contributed by atoms with Gasteiger partial charge in [0.2, 0.25) is 5.95 Å². The van der Waals surface area contributed by atoms with Crippen LogP contribution < -0.4 is 16.1 Å². The standard InChI is InChI=1S/C21H27N5O2/c1-13(2)10-26-19(27)17-18(23(5)21(26)28)22-20-24(11-14(3)12-25(17)20)16-9-7-6-8-15(16)4/h6-9,13-14H,10-12H2,1-5H3. The van der Waals surface area contributed by atoms with Crippen LogP contribution in [-0.2, 0) is 20.1 Å². The number of fused-ring (bicyclic) bond motifs is 3. The molecule has 0 aliphatic carbocycles. The van der Waals surface area contributed by atoms with Crippen LogP contribution in [0.5, 0.6) is 0 Å². The summed E-state index contributed by atoms with van der Waals surface area (Å²) >= 11 is 0. The third-order valence-corrected chi connectivity index (χ3v) is 5.40. The van der Waals surface area contributed by atoms with E-state index >= 15 is 0 Å². The molecule has 0 radical (unpaired) electrons. The van der Waals surface area contributed by atoms with Crippen LogP contribution in [0.1, 0.15) is 26.3 Å². The molecule has 7 nitrogen and oxygen atoms in total. The number of para-hydroxylation sites is 1. The third kappa shape index (κ3) is 2.77. The second-order valence-corrected chi connectivity index (χ2v) is 8.35. The predicted molar refractivity (Wildman–Crippen MR) is 111 cm³/mol. The van der Waals surface area contributed by atoms with Crippen molar-refractivity contribution in [3.63, 3.8) is 0 Å². The molecule has 3 aromatic rings. The van der Waals surface area contributed by atoms with E-state index in [1.54, 1.807) is 7.05 Å². The molecule has 0 fully saturated rings. The highest BCUT2D eigenvalue weighted by atomic mass is 16.2. The largest absolute Gasteiger partial charge is 0.332 e. The second kappa shape index (κ2) is 6.65. The summed E-state index contributed by atoms with van der Waals surface area (Å²) in [6.45, 7) is 10.2. The average Bonchev–Trinajstić information content (AvgIpc) is 3.02. The van der Waals surface area contributed by atoms with Gasteiger partial charge in [-0.2, -0.15) is 4.98 Å². The molecule has 0 saturated heterocycles. The average molecular weight is 381 g/mol. The smallest absolute Gasteiger partial charge is 0.311 e. The van der Waals surface area contributed by atoms with Crippen molar-refractivity contribution in [2.24, 2.45) is 18.9 Å². The van der Waals surface area contributed by atoms with Crippen molar-refractivity contribution in [3.8, 4) is 0 Å². The summed E-state index contributed by atoms with van der Waals surface area (Å²) in [7, 11) is 1.70. The lowest BCUT2D eigenvalue weighted by atomic mass is 10.1. The summed E-state index contributed by atoms with van der Waals surface area (Å²) in [4.78, 5) is 33.0. The molecule has 0 saturated carbocycles. The number of imidazole rings is 1. The minimum Gasteiger partial charge on any atom is -0.311 e. The van der Waals surface area contributed by atoms with Crippen LogP contribution >= 0.6 is 0 Å². The minimum absolute atomic E-state index is 0.203. The van der Waals surface area contributed by atoms with Crippen molar-refractivity contribution in [1.29, 1.82) is 0 Å². The van der Waals surface area contributed by atoms with Crippen LogP contribution in [-0.4, -0.2) is 25.2 Å². The Balaban J connectivity index is 2.02. The fourth-order valence-electron chi connectivity index (χ4n) is 4.10. The molecule has 7 heteroatoms.